The summed E-state index contributed by atoms with van der Waals surface area (Å²) in [5.74, 6) is 0.291. The van der Waals surface area contributed by atoms with Crippen molar-refractivity contribution in [2.75, 3.05) is 13.2 Å². The minimum Gasteiger partial charge on any atom is -0.507 e. The van der Waals surface area contributed by atoms with Crippen LogP contribution >= 0.6 is 0 Å². The largest absolute Gasteiger partial charge is 0.507 e. The summed E-state index contributed by atoms with van der Waals surface area (Å²) in [7, 11) is 0. The monoisotopic (exact) mass is 266 g/mol. The summed E-state index contributed by atoms with van der Waals surface area (Å²) in [6.07, 6.45) is 1.20. The smallest absolute Gasteiger partial charge is 0.123 e. The van der Waals surface area contributed by atoms with Crippen molar-refractivity contribution in [1.82, 2.24) is 0 Å². The maximum absolute atomic E-state index is 10.6. The quantitative estimate of drug-likeness (QED) is 0.742. The number of hydrogen-bond donors (Lipinski definition) is 3. The van der Waals surface area contributed by atoms with Gasteiger partial charge >= 0.3 is 0 Å². The molecule has 1 rings (SSSR count). The van der Waals surface area contributed by atoms with E-state index in [0.29, 0.717) is 18.6 Å². The fourth-order valence-electron chi connectivity index (χ4n) is 2.46. The Kier molecular flexibility index (Phi) is 4.99. The van der Waals surface area contributed by atoms with E-state index in [-0.39, 0.29) is 24.0 Å². The zero-order chi connectivity index (χ0) is 14.7. The fourth-order valence-corrected chi connectivity index (χ4v) is 2.46. The number of para-hydroxylation sites is 1. The van der Waals surface area contributed by atoms with Gasteiger partial charge in [-0.2, -0.15) is 0 Å². The first kappa shape index (κ1) is 16.0. The van der Waals surface area contributed by atoms with E-state index in [1.165, 1.54) is 0 Å². The first-order valence-corrected chi connectivity index (χ1v) is 6.81. The lowest BCUT2D eigenvalue weighted by Gasteiger charge is -2.30. The molecular weight excluding hydrogens is 240 g/mol. The highest BCUT2D eigenvalue weighted by Gasteiger charge is 2.29. The van der Waals surface area contributed by atoms with Gasteiger partial charge in [-0.15, -0.1) is 0 Å². The van der Waals surface area contributed by atoms with Crippen molar-refractivity contribution in [2.45, 2.75) is 51.4 Å². The molecule has 1 aromatic rings. The summed E-state index contributed by atoms with van der Waals surface area (Å²) in [5.41, 5.74) is 1.16. The molecule has 3 nitrogen and oxygen atoms in total. The van der Waals surface area contributed by atoms with Crippen molar-refractivity contribution in [1.29, 1.82) is 0 Å². The van der Waals surface area contributed by atoms with Gasteiger partial charge in [-0.3, -0.25) is 0 Å². The molecule has 0 saturated heterocycles. The number of aliphatic hydroxyl groups excluding tert-OH is 2. The Bertz CT molecular complexity index is 386. The highest BCUT2D eigenvalue weighted by Crippen LogP contribution is 2.41. The van der Waals surface area contributed by atoms with Gasteiger partial charge in [-0.25, -0.2) is 0 Å². The predicted octanol–water partition coefficient (Wildman–Crippen LogP) is 2.71. The van der Waals surface area contributed by atoms with Gasteiger partial charge < -0.3 is 15.3 Å². The summed E-state index contributed by atoms with van der Waals surface area (Å²) < 4.78 is 0. The van der Waals surface area contributed by atoms with Crippen LogP contribution in [0.1, 0.15) is 51.7 Å². The zero-order valence-corrected chi connectivity index (χ0v) is 12.4. The lowest BCUT2D eigenvalue weighted by Crippen LogP contribution is -2.23. The fraction of sp³-hybridized carbons (Fsp3) is 0.625. The normalized spacial score (nSPS) is 12.7. The van der Waals surface area contributed by atoms with Crippen LogP contribution < -0.4 is 0 Å². The van der Waals surface area contributed by atoms with Gasteiger partial charge in [0.25, 0.3) is 0 Å². The molecule has 1 aromatic carbocycles. The van der Waals surface area contributed by atoms with E-state index in [0.717, 1.165) is 11.1 Å². The van der Waals surface area contributed by atoms with Crippen LogP contribution in [0.4, 0.5) is 0 Å². The Morgan fingerprint density at radius 3 is 1.53 bits per heavy atom. The standard InChI is InChI=1S/C16H26O3/c1-15(2,8-10-17)12-6-5-7-13(14(12)19)16(3,4)9-11-18/h5-7,17-19H,8-11H2,1-4H3. The number of hydrogen-bond acceptors (Lipinski definition) is 3. The molecule has 0 fully saturated rings. The van der Waals surface area contributed by atoms with Crippen LogP contribution in [0.5, 0.6) is 5.75 Å². The SMILES string of the molecule is CC(C)(CCO)c1cccc(C(C)(C)CCO)c1O. The molecule has 0 heterocycles. The first-order valence-electron chi connectivity index (χ1n) is 6.81. The molecule has 0 amide bonds. The van der Waals surface area contributed by atoms with Gasteiger partial charge in [-0.1, -0.05) is 45.9 Å². The second-order valence-corrected chi connectivity index (χ2v) is 6.42. The Balaban J connectivity index is 3.26. The molecule has 3 heteroatoms. The zero-order valence-electron chi connectivity index (χ0n) is 12.4. The average Bonchev–Trinajstić information content (AvgIpc) is 2.28. The van der Waals surface area contributed by atoms with E-state index >= 15 is 0 Å². The Morgan fingerprint density at radius 2 is 1.21 bits per heavy atom. The van der Waals surface area contributed by atoms with Gasteiger partial charge in [0, 0.05) is 13.2 Å². The Labute approximate surface area is 115 Å². The minimum atomic E-state index is -0.274. The highest BCUT2D eigenvalue weighted by molar-refractivity contribution is 5.47. The van der Waals surface area contributed by atoms with Crippen molar-refractivity contribution in [3.8, 4) is 5.75 Å². The van der Waals surface area contributed by atoms with Gasteiger partial charge in [0.2, 0.25) is 0 Å². The molecule has 0 radical (unpaired) electrons. The summed E-state index contributed by atoms with van der Waals surface area (Å²) >= 11 is 0. The molecule has 0 unspecified atom stereocenters. The predicted molar refractivity (Wildman–Crippen MR) is 77.6 cm³/mol. The number of phenols is 1. The molecule has 0 spiro atoms. The van der Waals surface area contributed by atoms with Gasteiger partial charge in [0.1, 0.15) is 5.75 Å². The van der Waals surface area contributed by atoms with E-state index < -0.39 is 0 Å². The van der Waals surface area contributed by atoms with Crippen molar-refractivity contribution in [3.05, 3.63) is 29.3 Å². The van der Waals surface area contributed by atoms with Gasteiger partial charge in [0.05, 0.1) is 0 Å². The van der Waals surface area contributed by atoms with Crippen molar-refractivity contribution in [2.24, 2.45) is 0 Å². The number of rotatable bonds is 6. The maximum atomic E-state index is 10.6. The molecule has 0 aliphatic carbocycles. The van der Waals surface area contributed by atoms with Crippen LogP contribution in [0.25, 0.3) is 0 Å². The summed E-state index contributed by atoms with van der Waals surface area (Å²) in [5, 5.41) is 28.9. The Hall–Kier alpha value is -1.06. The molecule has 0 aliphatic heterocycles. The van der Waals surface area contributed by atoms with Crippen molar-refractivity contribution < 1.29 is 15.3 Å². The third-order valence-electron chi connectivity index (χ3n) is 3.97. The summed E-state index contributed by atoms with van der Waals surface area (Å²) in [6, 6.07) is 5.75. The van der Waals surface area contributed by atoms with Gasteiger partial charge in [0.15, 0.2) is 0 Å². The second-order valence-electron chi connectivity index (χ2n) is 6.42. The number of benzene rings is 1. The third kappa shape index (κ3) is 3.48. The maximum Gasteiger partial charge on any atom is 0.123 e. The van der Waals surface area contributed by atoms with E-state index in [1.807, 2.05) is 45.9 Å². The van der Waals surface area contributed by atoms with Crippen LogP contribution in [0.2, 0.25) is 0 Å². The second kappa shape index (κ2) is 5.93. The molecule has 0 aromatic heterocycles. The topological polar surface area (TPSA) is 60.7 Å². The molecule has 0 saturated carbocycles. The highest BCUT2D eigenvalue weighted by atomic mass is 16.3. The first-order chi connectivity index (χ1) is 8.76. The molecular formula is C16H26O3. The lowest BCUT2D eigenvalue weighted by molar-refractivity contribution is 0.245. The van der Waals surface area contributed by atoms with Crippen LogP contribution in [0.15, 0.2) is 18.2 Å². The van der Waals surface area contributed by atoms with E-state index in [2.05, 4.69) is 0 Å². The molecule has 0 aliphatic rings. The third-order valence-corrected chi connectivity index (χ3v) is 3.97. The number of phenolic OH excluding ortho intramolecular Hbond substituents is 1. The minimum absolute atomic E-state index is 0.0939. The molecule has 108 valence electrons. The number of aromatic hydroxyl groups is 1. The van der Waals surface area contributed by atoms with E-state index in [1.54, 1.807) is 0 Å². The molecule has 0 bridgehead atoms. The Morgan fingerprint density at radius 1 is 0.842 bits per heavy atom. The van der Waals surface area contributed by atoms with Crippen molar-refractivity contribution >= 4 is 0 Å². The average molecular weight is 266 g/mol. The molecule has 0 atom stereocenters. The summed E-state index contributed by atoms with van der Waals surface area (Å²) in [4.78, 5) is 0. The van der Waals surface area contributed by atoms with E-state index in [9.17, 15) is 5.11 Å². The van der Waals surface area contributed by atoms with Crippen molar-refractivity contribution in [3.63, 3.8) is 0 Å². The lowest BCUT2D eigenvalue weighted by atomic mass is 9.75. The van der Waals surface area contributed by atoms with E-state index in [4.69, 9.17) is 10.2 Å². The molecule has 19 heavy (non-hydrogen) atoms. The van der Waals surface area contributed by atoms with Crippen LogP contribution in [0, 0.1) is 0 Å². The molecule has 3 N–H and O–H groups in total. The van der Waals surface area contributed by atoms with Crippen LogP contribution in [-0.4, -0.2) is 28.5 Å². The van der Waals surface area contributed by atoms with Gasteiger partial charge in [-0.05, 0) is 34.8 Å². The van der Waals surface area contributed by atoms with Crippen LogP contribution in [-0.2, 0) is 10.8 Å². The number of aliphatic hydroxyl groups is 2. The van der Waals surface area contributed by atoms with Crippen LogP contribution in [0.3, 0.4) is 0 Å². The summed E-state index contributed by atoms with van der Waals surface area (Å²) in [6.45, 7) is 8.25.